The number of ether oxygens (including phenoxy) is 1. The van der Waals surface area contributed by atoms with E-state index in [2.05, 4.69) is 5.32 Å². The van der Waals surface area contributed by atoms with Crippen LogP contribution in [0.3, 0.4) is 0 Å². The Morgan fingerprint density at radius 2 is 1.90 bits per heavy atom. The maximum atomic E-state index is 12.1. The Hall–Kier alpha value is -1.55. The molecular formula is C16H23NO3. The lowest BCUT2D eigenvalue weighted by Gasteiger charge is -2.21. The minimum Gasteiger partial charge on any atom is -0.497 e. The van der Waals surface area contributed by atoms with Crippen LogP contribution in [0.2, 0.25) is 0 Å². The summed E-state index contributed by atoms with van der Waals surface area (Å²) in [5.41, 5.74) is 0.736. The molecule has 0 saturated heterocycles. The standard InChI is InChI=1S/C16H23NO3/c1-11(16(19)17-13-5-3-4-6-13)15(18)12-7-9-14(20-2)10-8-12/h7-11,13,15,18H,3-6H2,1-2H3,(H,17,19)/t11-,15+/m0/s1. The molecule has 0 unspecified atom stereocenters. The van der Waals surface area contributed by atoms with E-state index in [1.165, 1.54) is 12.8 Å². The van der Waals surface area contributed by atoms with Gasteiger partial charge in [0.1, 0.15) is 5.75 Å². The highest BCUT2D eigenvalue weighted by molar-refractivity contribution is 5.79. The van der Waals surface area contributed by atoms with Crippen LogP contribution in [-0.4, -0.2) is 24.2 Å². The fraction of sp³-hybridized carbons (Fsp3) is 0.562. The zero-order valence-electron chi connectivity index (χ0n) is 12.1. The fourth-order valence-electron chi connectivity index (χ4n) is 2.64. The second kappa shape index (κ2) is 6.75. The Bertz CT molecular complexity index is 438. The summed E-state index contributed by atoms with van der Waals surface area (Å²) in [6, 6.07) is 7.46. The van der Waals surface area contributed by atoms with Crippen LogP contribution >= 0.6 is 0 Å². The van der Waals surface area contributed by atoms with E-state index in [-0.39, 0.29) is 11.9 Å². The molecule has 1 fully saturated rings. The van der Waals surface area contributed by atoms with Crippen molar-refractivity contribution in [1.82, 2.24) is 5.32 Å². The van der Waals surface area contributed by atoms with Crippen molar-refractivity contribution < 1.29 is 14.6 Å². The monoisotopic (exact) mass is 277 g/mol. The lowest BCUT2D eigenvalue weighted by Crippen LogP contribution is -2.38. The number of hydrogen-bond acceptors (Lipinski definition) is 3. The number of aliphatic hydroxyl groups is 1. The van der Waals surface area contributed by atoms with Crippen LogP contribution in [0.25, 0.3) is 0 Å². The first kappa shape index (κ1) is 14.9. The summed E-state index contributed by atoms with van der Waals surface area (Å²) < 4.78 is 5.08. The third kappa shape index (κ3) is 3.51. The predicted molar refractivity (Wildman–Crippen MR) is 77.5 cm³/mol. The average Bonchev–Trinajstić information content (AvgIpc) is 2.98. The minimum atomic E-state index is -0.790. The third-order valence-corrected chi connectivity index (χ3v) is 4.05. The average molecular weight is 277 g/mol. The van der Waals surface area contributed by atoms with Crippen LogP contribution in [0.15, 0.2) is 24.3 Å². The smallest absolute Gasteiger partial charge is 0.226 e. The largest absolute Gasteiger partial charge is 0.497 e. The Labute approximate surface area is 120 Å². The highest BCUT2D eigenvalue weighted by atomic mass is 16.5. The molecule has 0 radical (unpaired) electrons. The molecule has 1 aromatic rings. The van der Waals surface area contributed by atoms with Gasteiger partial charge in [-0.05, 0) is 30.5 Å². The topological polar surface area (TPSA) is 58.6 Å². The number of nitrogens with one attached hydrogen (secondary N) is 1. The van der Waals surface area contributed by atoms with E-state index < -0.39 is 12.0 Å². The van der Waals surface area contributed by atoms with E-state index in [9.17, 15) is 9.90 Å². The summed E-state index contributed by atoms with van der Waals surface area (Å²) in [6.45, 7) is 1.76. The Morgan fingerprint density at radius 3 is 2.45 bits per heavy atom. The molecule has 0 heterocycles. The molecule has 1 saturated carbocycles. The highest BCUT2D eigenvalue weighted by Crippen LogP contribution is 2.25. The fourth-order valence-corrected chi connectivity index (χ4v) is 2.64. The van der Waals surface area contributed by atoms with Crippen LogP contribution in [0, 0.1) is 5.92 Å². The van der Waals surface area contributed by atoms with Gasteiger partial charge in [0.2, 0.25) is 5.91 Å². The SMILES string of the molecule is COc1ccc([C@H](O)[C@H](C)C(=O)NC2CCCC2)cc1. The van der Waals surface area contributed by atoms with Crippen LogP contribution in [0.4, 0.5) is 0 Å². The van der Waals surface area contributed by atoms with Crippen molar-refractivity contribution in [2.24, 2.45) is 5.92 Å². The van der Waals surface area contributed by atoms with Gasteiger partial charge in [0, 0.05) is 6.04 Å². The molecule has 0 bridgehead atoms. The second-order valence-corrected chi connectivity index (χ2v) is 5.50. The number of rotatable bonds is 5. The molecule has 2 N–H and O–H groups in total. The van der Waals surface area contributed by atoms with Crippen LogP contribution < -0.4 is 10.1 Å². The molecule has 1 aromatic carbocycles. The second-order valence-electron chi connectivity index (χ2n) is 5.50. The zero-order valence-corrected chi connectivity index (χ0v) is 12.1. The van der Waals surface area contributed by atoms with Crippen molar-refractivity contribution in [3.8, 4) is 5.75 Å². The van der Waals surface area contributed by atoms with Crippen molar-refractivity contribution in [2.45, 2.75) is 44.8 Å². The van der Waals surface area contributed by atoms with Gasteiger partial charge in [-0.2, -0.15) is 0 Å². The van der Waals surface area contributed by atoms with Crippen LogP contribution in [0.1, 0.15) is 44.3 Å². The van der Waals surface area contributed by atoms with E-state index in [4.69, 9.17) is 4.74 Å². The van der Waals surface area contributed by atoms with Crippen molar-refractivity contribution in [3.05, 3.63) is 29.8 Å². The Kier molecular flexibility index (Phi) is 5.01. The molecule has 20 heavy (non-hydrogen) atoms. The third-order valence-electron chi connectivity index (χ3n) is 4.05. The molecule has 0 aromatic heterocycles. The van der Waals surface area contributed by atoms with Gasteiger partial charge in [0.25, 0.3) is 0 Å². The summed E-state index contributed by atoms with van der Waals surface area (Å²) in [5, 5.41) is 13.3. The zero-order chi connectivity index (χ0) is 14.5. The number of aliphatic hydroxyl groups excluding tert-OH is 1. The van der Waals surface area contributed by atoms with Gasteiger partial charge in [-0.3, -0.25) is 4.79 Å². The van der Waals surface area contributed by atoms with Gasteiger partial charge in [0.15, 0.2) is 0 Å². The minimum absolute atomic E-state index is 0.0692. The highest BCUT2D eigenvalue weighted by Gasteiger charge is 2.26. The molecule has 4 heteroatoms. The number of benzene rings is 1. The van der Waals surface area contributed by atoms with Gasteiger partial charge in [-0.15, -0.1) is 0 Å². The first-order valence-electron chi connectivity index (χ1n) is 7.24. The van der Waals surface area contributed by atoms with Crippen molar-refractivity contribution in [3.63, 3.8) is 0 Å². The van der Waals surface area contributed by atoms with Gasteiger partial charge >= 0.3 is 0 Å². The number of hydrogen-bond donors (Lipinski definition) is 2. The number of carbonyl (C=O) groups excluding carboxylic acids is 1. The lowest BCUT2D eigenvalue weighted by atomic mass is 9.96. The number of methoxy groups -OCH3 is 1. The van der Waals surface area contributed by atoms with Gasteiger partial charge in [-0.25, -0.2) is 0 Å². The molecule has 1 amide bonds. The first-order chi connectivity index (χ1) is 9.61. The molecule has 1 aliphatic carbocycles. The summed E-state index contributed by atoms with van der Waals surface area (Å²) >= 11 is 0. The quantitative estimate of drug-likeness (QED) is 0.869. The normalized spacial score (nSPS) is 18.6. The Balaban J connectivity index is 1.95. The maximum absolute atomic E-state index is 12.1. The van der Waals surface area contributed by atoms with Gasteiger partial charge in [-0.1, -0.05) is 31.9 Å². The first-order valence-corrected chi connectivity index (χ1v) is 7.24. The molecule has 2 atom stereocenters. The van der Waals surface area contributed by atoms with Crippen molar-refractivity contribution >= 4 is 5.91 Å². The van der Waals surface area contributed by atoms with E-state index >= 15 is 0 Å². The van der Waals surface area contributed by atoms with E-state index in [0.29, 0.717) is 0 Å². The lowest BCUT2D eigenvalue weighted by molar-refractivity contribution is -0.128. The summed E-state index contributed by atoms with van der Waals surface area (Å²) in [5.74, 6) is 0.216. The van der Waals surface area contributed by atoms with Crippen LogP contribution in [0.5, 0.6) is 5.75 Å². The molecule has 4 nitrogen and oxygen atoms in total. The van der Waals surface area contributed by atoms with E-state index in [1.807, 2.05) is 0 Å². The summed E-state index contributed by atoms with van der Waals surface area (Å²) in [4.78, 5) is 12.1. The molecule has 110 valence electrons. The Morgan fingerprint density at radius 1 is 1.30 bits per heavy atom. The van der Waals surface area contributed by atoms with E-state index in [0.717, 1.165) is 24.2 Å². The van der Waals surface area contributed by atoms with E-state index in [1.54, 1.807) is 38.3 Å². The number of carbonyl (C=O) groups is 1. The summed E-state index contributed by atoms with van der Waals surface area (Å²) in [7, 11) is 1.60. The van der Waals surface area contributed by atoms with Gasteiger partial charge < -0.3 is 15.2 Å². The molecular weight excluding hydrogens is 254 g/mol. The summed E-state index contributed by atoms with van der Waals surface area (Å²) in [6.07, 6.45) is 3.68. The predicted octanol–water partition coefficient (Wildman–Crippen LogP) is 2.42. The van der Waals surface area contributed by atoms with Crippen molar-refractivity contribution in [2.75, 3.05) is 7.11 Å². The molecule has 2 rings (SSSR count). The van der Waals surface area contributed by atoms with Crippen LogP contribution in [-0.2, 0) is 4.79 Å². The number of amides is 1. The van der Waals surface area contributed by atoms with Gasteiger partial charge in [0.05, 0.1) is 19.1 Å². The molecule has 0 aliphatic heterocycles. The van der Waals surface area contributed by atoms with Crippen molar-refractivity contribution in [1.29, 1.82) is 0 Å². The molecule has 0 spiro atoms. The maximum Gasteiger partial charge on any atom is 0.226 e. The molecule has 1 aliphatic rings.